The SMILES string of the molecule is CCCCCCCCCCCCc1cc(/C(S)=C/C(=C/C(C)(C)C)CCCCCCCC)sc1-c1sc(C(C)(C)C)c(C=O)c1C(=O)NCCCCCCCC. The van der Waals surface area contributed by atoms with E-state index in [0.717, 1.165) is 62.8 Å². The monoisotopic (exact) mass is 826 g/mol. The molecule has 0 spiro atoms. The van der Waals surface area contributed by atoms with Crippen molar-refractivity contribution in [2.75, 3.05) is 6.54 Å². The molecule has 1 amide bonds. The number of allylic oxidation sites excluding steroid dienone is 3. The van der Waals surface area contributed by atoms with Crippen molar-refractivity contribution in [2.45, 2.75) is 222 Å². The third-order valence-corrected chi connectivity index (χ3v) is 14.1. The summed E-state index contributed by atoms with van der Waals surface area (Å²) >= 11 is 8.60. The molecule has 2 rings (SSSR count). The highest BCUT2D eigenvalue weighted by molar-refractivity contribution is 7.90. The Balaban J connectivity index is 2.50. The lowest BCUT2D eigenvalue weighted by Gasteiger charge is -2.17. The van der Waals surface area contributed by atoms with E-state index in [9.17, 15) is 9.59 Å². The van der Waals surface area contributed by atoms with Gasteiger partial charge >= 0.3 is 0 Å². The molecule has 0 aromatic carbocycles. The average Bonchev–Trinajstić information content (AvgIpc) is 3.75. The Morgan fingerprint density at radius 2 is 1.18 bits per heavy atom. The smallest absolute Gasteiger partial charge is 0.253 e. The van der Waals surface area contributed by atoms with Crippen LogP contribution in [-0.4, -0.2) is 18.7 Å². The number of carbonyl (C=O) groups is 2. The highest BCUT2D eigenvalue weighted by Gasteiger charge is 2.31. The number of aldehydes is 1. The van der Waals surface area contributed by atoms with Crippen LogP contribution in [0, 0.1) is 5.41 Å². The van der Waals surface area contributed by atoms with E-state index in [-0.39, 0.29) is 16.7 Å². The first-order valence-electron chi connectivity index (χ1n) is 22.9. The first kappa shape index (κ1) is 50.5. The lowest BCUT2D eigenvalue weighted by atomic mass is 9.90. The van der Waals surface area contributed by atoms with Crippen LogP contribution in [0.5, 0.6) is 0 Å². The van der Waals surface area contributed by atoms with Crippen molar-refractivity contribution < 1.29 is 9.59 Å². The van der Waals surface area contributed by atoms with Crippen LogP contribution in [0.1, 0.15) is 246 Å². The molecule has 0 aliphatic heterocycles. The summed E-state index contributed by atoms with van der Waals surface area (Å²) in [4.78, 5) is 32.3. The number of hydrogen-bond acceptors (Lipinski definition) is 5. The molecular formula is C50H83NO2S3. The van der Waals surface area contributed by atoms with Gasteiger partial charge in [-0.2, -0.15) is 0 Å². The molecule has 0 saturated heterocycles. The van der Waals surface area contributed by atoms with Crippen molar-refractivity contribution in [3.8, 4) is 9.75 Å². The van der Waals surface area contributed by atoms with Gasteiger partial charge < -0.3 is 5.32 Å². The van der Waals surface area contributed by atoms with Gasteiger partial charge in [0.15, 0.2) is 6.29 Å². The van der Waals surface area contributed by atoms with E-state index in [2.05, 4.69) is 85.8 Å². The normalized spacial score (nSPS) is 12.8. The summed E-state index contributed by atoms with van der Waals surface area (Å²) in [5.74, 6) is -0.113. The van der Waals surface area contributed by atoms with Crippen molar-refractivity contribution in [1.82, 2.24) is 5.32 Å². The third kappa shape index (κ3) is 19.4. The summed E-state index contributed by atoms with van der Waals surface area (Å²) in [5, 5.41) is 3.24. The van der Waals surface area contributed by atoms with E-state index in [1.807, 2.05) is 0 Å². The summed E-state index contributed by atoms with van der Waals surface area (Å²) in [7, 11) is 0. The molecule has 2 heterocycles. The van der Waals surface area contributed by atoms with Gasteiger partial charge in [-0.25, -0.2) is 0 Å². The Bertz CT molecular complexity index is 1460. The Morgan fingerprint density at radius 1 is 0.679 bits per heavy atom. The van der Waals surface area contributed by atoms with Crippen molar-refractivity contribution in [1.29, 1.82) is 0 Å². The highest BCUT2D eigenvalue weighted by Crippen LogP contribution is 2.47. The predicted octanol–water partition coefficient (Wildman–Crippen LogP) is 17.1. The van der Waals surface area contributed by atoms with Gasteiger partial charge in [-0.1, -0.05) is 196 Å². The van der Waals surface area contributed by atoms with Crippen LogP contribution < -0.4 is 5.32 Å². The summed E-state index contributed by atoms with van der Waals surface area (Å²) in [5.41, 5.74) is 3.59. The number of nitrogens with one attached hydrogen (secondary N) is 1. The van der Waals surface area contributed by atoms with Gasteiger partial charge in [-0.3, -0.25) is 9.59 Å². The van der Waals surface area contributed by atoms with E-state index in [0.29, 0.717) is 17.7 Å². The van der Waals surface area contributed by atoms with E-state index < -0.39 is 0 Å². The Kier molecular flexibility index (Phi) is 25.2. The molecule has 3 nitrogen and oxygen atoms in total. The summed E-state index contributed by atoms with van der Waals surface area (Å²) in [6.07, 6.45) is 35.4. The fourth-order valence-electron chi connectivity index (χ4n) is 7.53. The van der Waals surface area contributed by atoms with Gasteiger partial charge in [0.05, 0.1) is 10.4 Å². The van der Waals surface area contributed by atoms with E-state index in [1.165, 1.54) is 133 Å². The lowest BCUT2D eigenvalue weighted by molar-refractivity contribution is 0.0948. The highest BCUT2D eigenvalue weighted by atomic mass is 32.1. The number of unbranched alkanes of at least 4 members (excludes halogenated alkanes) is 19. The maximum atomic E-state index is 14.2. The molecular weight excluding hydrogens is 743 g/mol. The summed E-state index contributed by atoms with van der Waals surface area (Å²) in [6.45, 7) is 20.7. The van der Waals surface area contributed by atoms with E-state index in [1.54, 1.807) is 22.7 Å². The zero-order chi connectivity index (χ0) is 41.4. The van der Waals surface area contributed by atoms with Crippen LogP contribution in [-0.2, 0) is 11.8 Å². The zero-order valence-electron chi connectivity index (χ0n) is 37.6. The molecule has 0 atom stereocenters. The first-order chi connectivity index (χ1) is 26.8. The second-order valence-electron chi connectivity index (χ2n) is 18.5. The molecule has 0 unspecified atom stereocenters. The molecule has 0 saturated carbocycles. The van der Waals surface area contributed by atoms with Crippen molar-refractivity contribution in [2.24, 2.45) is 5.41 Å². The zero-order valence-corrected chi connectivity index (χ0v) is 40.1. The molecule has 1 N–H and O–H groups in total. The molecule has 0 radical (unpaired) electrons. The van der Waals surface area contributed by atoms with Crippen LogP contribution in [0.15, 0.2) is 23.8 Å². The number of thiophene rings is 2. The second-order valence-corrected chi connectivity index (χ2v) is 21.0. The maximum Gasteiger partial charge on any atom is 0.253 e. The first-order valence-corrected chi connectivity index (χ1v) is 25.0. The van der Waals surface area contributed by atoms with Crippen LogP contribution in [0.2, 0.25) is 0 Å². The van der Waals surface area contributed by atoms with Gasteiger partial charge in [-0.05, 0) is 60.6 Å². The third-order valence-electron chi connectivity index (χ3n) is 10.6. The summed E-state index contributed by atoms with van der Waals surface area (Å²) < 4.78 is 0. The molecule has 2 aromatic heterocycles. The van der Waals surface area contributed by atoms with E-state index >= 15 is 0 Å². The number of amides is 1. The Morgan fingerprint density at radius 3 is 1.68 bits per heavy atom. The van der Waals surface area contributed by atoms with Crippen molar-refractivity contribution in [3.63, 3.8) is 0 Å². The van der Waals surface area contributed by atoms with E-state index in [4.69, 9.17) is 12.6 Å². The number of hydrogen-bond donors (Lipinski definition) is 2. The Labute approximate surface area is 359 Å². The maximum absolute atomic E-state index is 14.2. The number of thiol groups is 1. The Hall–Kier alpha value is -1.63. The second kappa shape index (κ2) is 27.9. The lowest BCUT2D eigenvalue weighted by Crippen LogP contribution is -2.26. The van der Waals surface area contributed by atoms with Crippen LogP contribution in [0.3, 0.4) is 0 Å². The number of aryl methyl sites for hydroxylation is 1. The summed E-state index contributed by atoms with van der Waals surface area (Å²) in [6, 6.07) is 2.35. The largest absolute Gasteiger partial charge is 0.352 e. The minimum atomic E-state index is -0.262. The quantitative estimate of drug-likeness (QED) is 0.0357. The molecule has 6 heteroatoms. The van der Waals surface area contributed by atoms with Crippen LogP contribution in [0.4, 0.5) is 0 Å². The van der Waals surface area contributed by atoms with Crippen molar-refractivity contribution >= 4 is 52.4 Å². The standard InChI is InChI=1S/C50H83NO2S3/c1-10-13-16-19-22-23-24-25-27-30-33-40-36-43(42(54)35-39(37-49(4,5)6)32-29-26-20-17-14-11-2)55-45(40)46-44(41(38-52)47(56-46)50(7,8)9)48(53)51-34-31-28-21-18-15-12-3/h35-38,54H,10-34H2,1-9H3,(H,51,53)/b39-37+,42-35-. The minimum absolute atomic E-state index is 0.0761. The predicted molar refractivity (Wildman–Crippen MR) is 255 cm³/mol. The van der Waals surface area contributed by atoms with Gasteiger partial charge in [0, 0.05) is 31.6 Å². The molecule has 2 aromatic rings. The molecule has 0 fully saturated rings. The van der Waals surface area contributed by atoms with Crippen LogP contribution >= 0.6 is 35.3 Å². The average molecular weight is 826 g/mol. The molecule has 56 heavy (non-hydrogen) atoms. The number of carbonyl (C=O) groups excluding carboxylic acids is 2. The minimum Gasteiger partial charge on any atom is -0.352 e. The van der Waals surface area contributed by atoms with Gasteiger partial charge in [0.2, 0.25) is 0 Å². The van der Waals surface area contributed by atoms with Gasteiger partial charge in [-0.15, -0.1) is 35.3 Å². The molecule has 0 aliphatic carbocycles. The molecule has 318 valence electrons. The van der Waals surface area contributed by atoms with Crippen LogP contribution in [0.25, 0.3) is 14.7 Å². The van der Waals surface area contributed by atoms with Crippen molar-refractivity contribution in [3.05, 3.63) is 50.2 Å². The fraction of sp³-hybridized carbons (Fsp3) is 0.720. The molecule has 0 aliphatic rings. The number of rotatable bonds is 30. The fourth-order valence-corrected chi connectivity index (χ4v) is 10.5. The topological polar surface area (TPSA) is 46.2 Å². The molecule has 0 bridgehead atoms. The van der Waals surface area contributed by atoms with Gasteiger partial charge in [0.1, 0.15) is 0 Å². The van der Waals surface area contributed by atoms with Gasteiger partial charge in [0.25, 0.3) is 5.91 Å².